The van der Waals surface area contributed by atoms with Gasteiger partial charge in [-0.15, -0.1) is 0 Å². The third-order valence-electron chi connectivity index (χ3n) is 5.66. The molecule has 1 amide bonds. The van der Waals surface area contributed by atoms with Gasteiger partial charge in [-0.25, -0.2) is 24.9 Å². The molecule has 4 heterocycles. The van der Waals surface area contributed by atoms with Crippen molar-refractivity contribution in [2.45, 2.75) is 25.4 Å². The molecule has 3 N–H and O–H groups in total. The van der Waals surface area contributed by atoms with Gasteiger partial charge in [0.15, 0.2) is 17.3 Å². The molecule has 0 bridgehead atoms. The number of methoxy groups -OCH3 is 1. The first kappa shape index (κ1) is 23.6. The summed E-state index contributed by atoms with van der Waals surface area (Å²) < 4.78 is 44.5. The Morgan fingerprint density at radius 2 is 2.00 bits per heavy atom. The van der Waals surface area contributed by atoms with Crippen LogP contribution in [0.2, 0.25) is 0 Å². The summed E-state index contributed by atoms with van der Waals surface area (Å²) >= 11 is 0. The molecule has 0 aromatic carbocycles. The second kappa shape index (κ2) is 9.15. The number of carbonyl (C=O) groups excluding carboxylic acids is 1. The van der Waals surface area contributed by atoms with E-state index in [9.17, 15) is 18.0 Å². The number of halogens is 3. The number of H-pyrrole nitrogens is 1. The molecular formula is C23H21F3N8O2. The van der Waals surface area contributed by atoms with Crippen LogP contribution < -0.4 is 10.6 Å². The molecule has 0 saturated heterocycles. The van der Waals surface area contributed by atoms with Crippen LogP contribution in [0.1, 0.15) is 30.8 Å². The number of fused-ring (bicyclic) bond motifs is 1. The molecule has 1 saturated carbocycles. The fourth-order valence-electron chi connectivity index (χ4n) is 3.74. The number of imidazole rings is 1. The van der Waals surface area contributed by atoms with Crippen molar-refractivity contribution in [2.24, 2.45) is 5.92 Å². The van der Waals surface area contributed by atoms with Gasteiger partial charge in [0.25, 0.3) is 5.91 Å². The highest BCUT2D eigenvalue weighted by molar-refractivity contribution is 5.92. The lowest BCUT2D eigenvalue weighted by Gasteiger charge is -2.11. The predicted molar refractivity (Wildman–Crippen MR) is 124 cm³/mol. The molecule has 1 unspecified atom stereocenters. The molecule has 5 rings (SSSR count). The van der Waals surface area contributed by atoms with Gasteiger partial charge in [-0.05, 0) is 30.5 Å². The lowest BCUT2D eigenvalue weighted by Crippen LogP contribution is -2.17. The number of ether oxygens (including phenoxy) is 1. The summed E-state index contributed by atoms with van der Waals surface area (Å²) in [5.74, 6) is 1.66. The monoisotopic (exact) mass is 498 g/mol. The van der Waals surface area contributed by atoms with Crippen LogP contribution in [0.15, 0.2) is 36.5 Å². The van der Waals surface area contributed by atoms with E-state index in [0.717, 1.165) is 18.3 Å². The maximum atomic E-state index is 13.2. The quantitative estimate of drug-likeness (QED) is 0.344. The Morgan fingerprint density at radius 3 is 2.72 bits per heavy atom. The van der Waals surface area contributed by atoms with Gasteiger partial charge in [0.05, 0.1) is 0 Å². The summed E-state index contributed by atoms with van der Waals surface area (Å²) in [6.45, 7) is 1.98. The number of hydrogen-bond acceptors (Lipinski definition) is 8. The molecule has 36 heavy (non-hydrogen) atoms. The van der Waals surface area contributed by atoms with Crippen LogP contribution in [-0.2, 0) is 15.7 Å². The normalized spacial score (nSPS) is 17.2. The number of amides is 1. The van der Waals surface area contributed by atoms with Crippen molar-refractivity contribution >= 4 is 34.4 Å². The Kier molecular flexibility index (Phi) is 6.00. The molecule has 1 aliphatic rings. The Bertz CT molecular complexity index is 1440. The molecular weight excluding hydrogens is 477 g/mol. The van der Waals surface area contributed by atoms with Crippen molar-refractivity contribution in [2.75, 3.05) is 24.4 Å². The van der Waals surface area contributed by atoms with E-state index in [-0.39, 0.29) is 35.8 Å². The molecule has 0 aliphatic heterocycles. The van der Waals surface area contributed by atoms with Crippen molar-refractivity contribution in [3.63, 3.8) is 0 Å². The molecule has 4 aromatic rings. The lowest BCUT2D eigenvalue weighted by atomic mass is 10.2. The first-order chi connectivity index (χ1) is 17.2. The number of nitrogens with one attached hydrogen (secondary N) is 3. The minimum absolute atomic E-state index is 0.0133. The fraction of sp³-hybridized carbons (Fsp3) is 0.304. The van der Waals surface area contributed by atoms with Gasteiger partial charge in [-0.2, -0.15) is 13.2 Å². The van der Waals surface area contributed by atoms with Gasteiger partial charge in [-0.3, -0.25) is 4.79 Å². The highest BCUT2D eigenvalue weighted by Gasteiger charge is 2.37. The molecule has 10 nitrogen and oxygen atoms in total. The second-order valence-electron chi connectivity index (χ2n) is 8.48. The van der Waals surface area contributed by atoms with Crippen molar-refractivity contribution in [3.05, 3.63) is 48.0 Å². The molecule has 4 aromatic heterocycles. The van der Waals surface area contributed by atoms with E-state index in [1.165, 1.54) is 25.4 Å². The third kappa shape index (κ3) is 4.96. The SMILES string of the molecule is COCC(=O)Nc1cc(Nc2nc(-c3cccc(C(F)(F)F)n3)nc3nc([C@H]4CC4C)[nH]c23)ccn1. The topological polar surface area (TPSA) is 131 Å². The maximum Gasteiger partial charge on any atom is 0.433 e. The largest absolute Gasteiger partial charge is 0.433 e. The predicted octanol–water partition coefficient (Wildman–Crippen LogP) is 4.28. The minimum atomic E-state index is -4.61. The molecule has 0 spiro atoms. The Morgan fingerprint density at radius 1 is 1.19 bits per heavy atom. The lowest BCUT2D eigenvalue weighted by molar-refractivity contribution is -0.141. The average Bonchev–Trinajstić information content (AvgIpc) is 3.40. The Hall–Kier alpha value is -4.13. The molecule has 2 atom stereocenters. The Balaban J connectivity index is 1.55. The van der Waals surface area contributed by atoms with Crippen LogP contribution >= 0.6 is 0 Å². The smallest absolute Gasteiger partial charge is 0.375 e. The molecule has 1 aliphatic carbocycles. The van der Waals surface area contributed by atoms with Gasteiger partial charge >= 0.3 is 6.18 Å². The number of anilines is 3. The summed E-state index contributed by atoms with van der Waals surface area (Å²) in [4.78, 5) is 36.4. The van der Waals surface area contributed by atoms with Crippen LogP contribution in [0.4, 0.5) is 30.5 Å². The van der Waals surface area contributed by atoms with E-state index in [1.807, 2.05) is 0 Å². The zero-order chi connectivity index (χ0) is 25.4. The van der Waals surface area contributed by atoms with E-state index in [0.29, 0.717) is 28.6 Å². The number of pyridine rings is 2. The van der Waals surface area contributed by atoms with E-state index in [4.69, 9.17) is 4.74 Å². The van der Waals surface area contributed by atoms with Crippen LogP contribution in [-0.4, -0.2) is 49.5 Å². The summed E-state index contributed by atoms with van der Waals surface area (Å²) in [5.41, 5.74) is 0.247. The molecule has 1 fully saturated rings. The second-order valence-corrected chi connectivity index (χ2v) is 8.48. The van der Waals surface area contributed by atoms with Crippen LogP contribution in [0.25, 0.3) is 22.7 Å². The van der Waals surface area contributed by atoms with Gasteiger partial charge in [0, 0.05) is 31.0 Å². The molecule has 13 heteroatoms. The van der Waals surface area contributed by atoms with Gasteiger partial charge in [0.2, 0.25) is 0 Å². The van der Waals surface area contributed by atoms with Gasteiger partial charge in [0.1, 0.15) is 35.2 Å². The van der Waals surface area contributed by atoms with Crippen molar-refractivity contribution in [1.82, 2.24) is 29.9 Å². The van der Waals surface area contributed by atoms with Crippen LogP contribution in [0.5, 0.6) is 0 Å². The summed E-state index contributed by atoms with van der Waals surface area (Å²) in [5, 5.41) is 5.75. The zero-order valence-electron chi connectivity index (χ0n) is 19.2. The summed E-state index contributed by atoms with van der Waals surface area (Å²) in [6, 6.07) is 6.79. The number of rotatable bonds is 7. The van der Waals surface area contributed by atoms with Crippen molar-refractivity contribution in [1.29, 1.82) is 0 Å². The van der Waals surface area contributed by atoms with E-state index >= 15 is 0 Å². The van der Waals surface area contributed by atoms with E-state index in [2.05, 4.69) is 47.5 Å². The zero-order valence-corrected chi connectivity index (χ0v) is 19.2. The van der Waals surface area contributed by atoms with Gasteiger partial charge in [-0.1, -0.05) is 13.0 Å². The molecule has 186 valence electrons. The minimum Gasteiger partial charge on any atom is -0.375 e. The number of alkyl halides is 3. The molecule has 0 radical (unpaired) electrons. The average molecular weight is 498 g/mol. The Labute approximate surface area is 202 Å². The number of aromatic amines is 1. The third-order valence-corrected chi connectivity index (χ3v) is 5.66. The first-order valence-electron chi connectivity index (χ1n) is 11.1. The summed E-state index contributed by atoms with van der Waals surface area (Å²) in [7, 11) is 1.41. The number of aromatic nitrogens is 6. The van der Waals surface area contributed by atoms with Crippen LogP contribution in [0, 0.1) is 5.92 Å². The standard InChI is InChI=1S/C23H21F3N8O2/c1-11-8-13(11)19-31-18-21(28-12-6-7-27-16(9-12)30-17(35)10-36-2)33-20(34-22(18)32-19)14-4-3-5-15(29-14)23(24,25)26/h3-7,9,11,13H,8,10H2,1-2H3,(H3,27,28,30,31,32,33,34,35)/t11?,13-/m0/s1. The van der Waals surface area contributed by atoms with Crippen molar-refractivity contribution < 1.29 is 22.7 Å². The van der Waals surface area contributed by atoms with Crippen molar-refractivity contribution in [3.8, 4) is 11.5 Å². The maximum absolute atomic E-state index is 13.2. The highest BCUT2D eigenvalue weighted by Crippen LogP contribution is 2.46. The number of hydrogen-bond donors (Lipinski definition) is 3. The highest BCUT2D eigenvalue weighted by atomic mass is 19.4. The number of nitrogens with zero attached hydrogens (tertiary/aromatic N) is 5. The number of carbonyl (C=O) groups is 1. The van der Waals surface area contributed by atoms with Gasteiger partial charge < -0.3 is 20.4 Å². The van der Waals surface area contributed by atoms with E-state index < -0.39 is 11.9 Å². The fourth-order valence-corrected chi connectivity index (χ4v) is 3.74. The van der Waals surface area contributed by atoms with Crippen LogP contribution in [0.3, 0.4) is 0 Å². The summed E-state index contributed by atoms with van der Waals surface area (Å²) in [6.07, 6.45) is -2.14. The first-order valence-corrected chi connectivity index (χ1v) is 11.1. The van der Waals surface area contributed by atoms with E-state index in [1.54, 1.807) is 12.1 Å².